The van der Waals surface area contributed by atoms with Crippen LogP contribution in [0, 0.1) is 26.1 Å². The van der Waals surface area contributed by atoms with Crippen molar-refractivity contribution in [2.24, 2.45) is 0 Å². The van der Waals surface area contributed by atoms with Crippen molar-refractivity contribution >= 4 is 16.9 Å². The summed E-state index contributed by atoms with van der Waals surface area (Å²) < 4.78 is 0. The fraction of sp³-hybridized carbons (Fsp3) is 0.357. The highest BCUT2D eigenvalue weighted by atomic mass is 32.1. The molecule has 1 aromatic rings. The van der Waals surface area contributed by atoms with E-state index in [4.69, 9.17) is 0 Å². The van der Waals surface area contributed by atoms with Crippen molar-refractivity contribution in [2.75, 3.05) is 4.90 Å². The van der Waals surface area contributed by atoms with Gasteiger partial charge in [0, 0.05) is 15.9 Å². The van der Waals surface area contributed by atoms with Crippen LogP contribution in [0.5, 0.6) is 0 Å². The van der Waals surface area contributed by atoms with Gasteiger partial charge >= 0.3 is 0 Å². The highest BCUT2D eigenvalue weighted by Crippen LogP contribution is 2.33. The largest absolute Gasteiger partial charge is 0.270 e. The predicted octanol–water partition coefficient (Wildman–Crippen LogP) is 4.33. The summed E-state index contributed by atoms with van der Waals surface area (Å²) in [7, 11) is 0. The van der Waals surface area contributed by atoms with Crippen LogP contribution in [0.4, 0.5) is 5.69 Å². The topological polar surface area (TPSA) is 3.24 Å². The third kappa shape index (κ3) is 1.75. The minimum absolute atomic E-state index is 1.28. The zero-order valence-corrected chi connectivity index (χ0v) is 11.3. The summed E-state index contributed by atoms with van der Waals surface area (Å²) in [5, 5.41) is 3.35. The second-order valence-electron chi connectivity index (χ2n) is 4.42. The van der Waals surface area contributed by atoms with Crippen molar-refractivity contribution in [3.8, 4) is 5.31 Å². The lowest BCUT2D eigenvalue weighted by atomic mass is 10.0. The van der Waals surface area contributed by atoms with Crippen LogP contribution in [-0.4, -0.2) is 0 Å². The van der Waals surface area contributed by atoms with Gasteiger partial charge in [0.1, 0.15) is 0 Å². The summed E-state index contributed by atoms with van der Waals surface area (Å²) in [5.41, 5.74) is 6.54. The number of nitrogens with zero attached hydrogens (tertiary/aromatic N) is 1. The maximum atomic E-state index is 3.35. The van der Waals surface area contributed by atoms with E-state index in [1.54, 1.807) is 11.2 Å². The van der Waals surface area contributed by atoms with Crippen LogP contribution in [0.25, 0.3) is 0 Å². The smallest absolute Gasteiger partial charge is 0.0602 e. The Morgan fingerprint density at radius 3 is 2.00 bits per heavy atom. The Kier molecular flexibility index (Phi) is 2.79. The van der Waals surface area contributed by atoms with Crippen LogP contribution in [0.3, 0.4) is 0 Å². The monoisotopic (exact) mass is 231 g/mol. The van der Waals surface area contributed by atoms with Crippen LogP contribution in [0.15, 0.2) is 22.7 Å². The molecule has 1 aliphatic rings. The molecule has 0 bridgehead atoms. The Hall–Kier alpha value is -1.24. The molecule has 1 nitrogen and oxygen atoms in total. The van der Waals surface area contributed by atoms with Gasteiger partial charge in [0.2, 0.25) is 0 Å². The van der Waals surface area contributed by atoms with Crippen molar-refractivity contribution in [3.05, 3.63) is 39.4 Å². The number of aryl methyl sites for hydroxylation is 3. The third-order valence-electron chi connectivity index (χ3n) is 2.99. The first kappa shape index (κ1) is 11.3. The van der Waals surface area contributed by atoms with Gasteiger partial charge in [-0.2, -0.15) is 0 Å². The molecule has 0 radical (unpaired) electrons. The summed E-state index contributed by atoms with van der Waals surface area (Å²) in [6, 6.07) is 4.46. The third-order valence-corrected chi connectivity index (χ3v) is 3.87. The van der Waals surface area contributed by atoms with Gasteiger partial charge in [0.25, 0.3) is 0 Å². The molecule has 16 heavy (non-hydrogen) atoms. The van der Waals surface area contributed by atoms with E-state index in [0.717, 1.165) is 0 Å². The van der Waals surface area contributed by atoms with E-state index in [-0.39, 0.29) is 0 Å². The fourth-order valence-corrected chi connectivity index (χ4v) is 2.85. The van der Waals surface area contributed by atoms with Crippen LogP contribution in [0.2, 0.25) is 0 Å². The SMILES string of the molecule is CC1=C(C)N(c2c(C)cc(C)cc2C)C#S1. The minimum Gasteiger partial charge on any atom is -0.270 e. The molecule has 0 aliphatic carbocycles. The quantitative estimate of drug-likeness (QED) is 0.695. The predicted molar refractivity (Wildman–Crippen MR) is 73.0 cm³/mol. The molecular formula is C14H17NS. The van der Waals surface area contributed by atoms with Gasteiger partial charge in [-0.15, -0.1) is 0 Å². The molecule has 0 saturated heterocycles. The Morgan fingerprint density at radius 1 is 1.00 bits per heavy atom. The normalized spacial score (nSPS) is 14.7. The van der Waals surface area contributed by atoms with Gasteiger partial charge in [-0.3, -0.25) is 4.90 Å². The van der Waals surface area contributed by atoms with Crippen molar-refractivity contribution in [1.29, 1.82) is 0 Å². The van der Waals surface area contributed by atoms with Gasteiger partial charge in [-0.05, 0) is 45.7 Å². The van der Waals surface area contributed by atoms with Crippen LogP contribution in [0.1, 0.15) is 30.5 Å². The van der Waals surface area contributed by atoms with Crippen LogP contribution >= 0.6 is 11.2 Å². The molecule has 0 atom stereocenters. The average molecular weight is 231 g/mol. The van der Waals surface area contributed by atoms with Gasteiger partial charge in [0.15, 0.2) is 0 Å². The highest BCUT2D eigenvalue weighted by Gasteiger charge is 2.17. The summed E-state index contributed by atoms with van der Waals surface area (Å²) in [6.45, 7) is 10.8. The first-order chi connectivity index (χ1) is 7.50. The molecule has 0 saturated carbocycles. The summed E-state index contributed by atoms with van der Waals surface area (Å²) in [6.07, 6.45) is 0. The van der Waals surface area contributed by atoms with E-state index in [9.17, 15) is 0 Å². The molecule has 0 unspecified atom stereocenters. The number of hydrogen-bond acceptors (Lipinski definition) is 1. The first-order valence-electron chi connectivity index (χ1n) is 5.48. The van der Waals surface area contributed by atoms with E-state index < -0.39 is 0 Å². The lowest BCUT2D eigenvalue weighted by Gasteiger charge is -2.21. The highest BCUT2D eigenvalue weighted by molar-refractivity contribution is 7.93. The molecule has 0 spiro atoms. The Balaban J connectivity index is 2.57. The molecule has 2 rings (SSSR count). The zero-order valence-electron chi connectivity index (χ0n) is 10.5. The molecule has 2 heteroatoms. The number of benzene rings is 1. The molecule has 0 N–H and O–H groups in total. The van der Waals surface area contributed by atoms with Gasteiger partial charge < -0.3 is 0 Å². The van der Waals surface area contributed by atoms with E-state index in [2.05, 4.69) is 57.0 Å². The standard InChI is InChI=1S/C14H17NS/c1-9-6-10(2)14(11(3)7-9)15-8-16-13(5)12(15)4/h6-7H,1-5H3. The Morgan fingerprint density at radius 2 is 1.56 bits per heavy atom. The Labute approximate surface area is 101 Å². The van der Waals surface area contributed by atoms with E-state index >= 15 is 0 Å². The molecule has 1 aromatic carbocycles. The molecule has 0 amide bonds. The molecule has 0 aromatic heterocycles. The lowest BCUT2D eigenvalue weighted by molar-refractivity contribution is 1.14. The van der Waals surface area contributed by atoms with Gasteiger partial charge in [-0.1, -0.05) is 28.9 Å². The number of allylic oxidation sites excluding steroid dienone is 2. The van der Waals surface area contributed by atoms with E-state index in [0.29, 0.717) is 0 Å². The molecule has 0 fully saturated rings. The second-order valence-corrected chi connectivity index (χ2v) is 5.42. The molecule has 84 valence electrons. The van der Waals surface area contributed by atoms with Crippen molar-refractivity contribution in [3.63, 3.8) is 0 Å². The van der Waals surface area contributed by atoms with E-state index in [1.807, 2.05) is 0 Å². The molecule has 1 heterocycles. The van der Waals surface area contributed by atoms with Gasteiger partial charge in [-0.25, -0.2) is 0 Å². The number of hydrogen-bond donors (Lipinski definition) is 0. The molecule has 1 aliphatic heterocycles. The van der Waals surface area contributed by atoms with Crippen LogP contribution < -0.4 is 4.90 Å². The fourth-order valence-electron chi connectivity index (χ4n) is 2.15. The summed E-state index contributed by atoms with van der Waals surface area (Å²) in [4.78, 5) is 3.52. The second kappa shape index (κ2) is 3.97. The van der Waals surface area contributed by atoms with Gasteiger partial charge in [0.05, 0.1) is 5.69 Å². The summed E-state index contributed by atoms with van der Waals surface area (Å²) in [5.74, 6) is 0. The maximum Gasteiger partial charge on any atom is 0.0602 e. The number of rotatable bonds is 1. The van der Waals surface area contributed by atoms with Crippen LogP contribution in [-0.2, 0) is 0 Å². The lowest BCUT2D eigenvalue weighted by Crippen LogP contribution is -2.14. The van der Waals surface area contributed by atoms with E-state index in [1.165, 1.54) is 33.0 Å². The first-order valence-corrected chi connectivity index (χ1v) is 6.30. The molecular weight excluding hydrogens is 214 g/mol. The minimum atomic E-state index is 1.28. The Bertz CT molecular complexity index is 521. The van der Waals surface area contributed by atoms with Crippen molar-refractivity contribution in [2.45, 2.75) is 34.6 Å². The average Bonchev–Trinajstić information content (AvgIpc) is 2.48. The number of anilines is 1. The van der Waals surface area contributed by atoms with Crippen molar-refractivity contribution < 1.29 is 0 Å². The zero-order chi connectivity index (χ0) is 11.9. The summed E-state index contributed by atoms with van der Waals surface area (Å²) >= 11 is 1.69. The maximum absolute atomic E-state index is 3.35. The van der Waals surface area contributed by atoms with Crippen molar-refractivity contribution in [1.82, 2.24) is 0 Å².